The van der Waals surface area contributed by atoms with E-state index in [4.69, 9.17) is 9.47 Å². The summed E-state index contributed by atoms with van der Waals surface area (Å²) < 4.78 is 35.6. The lowest BCUT2D eigenvalue weighted by Gasteiger charge is -2.16. The first-order valence-electron chi connectivity index (χ1n) is 9.54. The molecule has 2 aromatic rings. The molecule has 1 aliphatic rings. The van der Waals surface area contributed by atoms with E-state index >= 15 is 0 Å². The molecular formula is C21H26N2O5S. The van der Waals surface area contributed by atoms with Crippen LogP contribution in [-0.4, -0.2) is 40.3 Å². The van der Waals surface area contributed by atoms with Crippen molar-refractivity contribution in [2.75, 3.05) is 29.5 Å². The number of carbonyl (C=O) groups is 1. The molecule has 0 radical (unpaired) electrons. The van der Waals surface area contributed by atoms with Crippen LogP contribution in [0.1, 0.15) is 25.7 Å². The van der Waals surface area contributed by atoms with Crippen molar-refractivity contribution >= 4 is 27.3 Å². The Morgan fingerprint density at radius 1 is 1.03 bits per heavy atom. The van der Waals surface area contributed by atoms with E-state index < -0.39 is 10.0 Å². The van der Waals surface area contributed by atoms with Gasteiger partial charge >= 0.3 is 0 Å². The lowest BCUT2D eigenvalue weighted by atomic mass is 10.2. The van der Waals surface area contributed by atoms with Crippen LogP contribution < -0.4 is 19.1 Å². The molecule has 2 aromatic carbocycles. The van der Waals surface area contributed by atoms with E-state index in [9.17, 15) is 13.2 Å². The number of hydrogen-bond acceptors (Lipinski definition) is 5. The van der Waals surface area contributed by atoms with Gasteiger partial charge in [0.15, 0.2) is 6.61 Å². The van der Waals surface area contributed by atoms with E-state index in [1.165, 1.54) is 24.2 Å². The maximum atomic E-state index is 12.1. The number of benzene rings is 2. The van der Waals surface area contributed by atoms with Crippen LogP contribution in [0.4, 0.5) is 11.4 Å². The normalized spacial score (nSPS) is 14.4. The van der Waals surface area contributed by atoms with Crippen LogP contribution in [0, 0.1) is 0 Å². The minimum absolute atomic E-state index is 0.151. The first-order valence-corrected chi connectivity index (χ1v) is 11.4. The van der Waals surface area contributed by atoms with E-state index in [1.807, 2.05) is 12.1 Å². The Labute approximate surface area is 171 Å². The summed E-state index contributed by atoms with van der Waals surface area (Å²) in [6.45, 7) is -0.151. The second kappa shape index (κ2) is 9.17. The molecule has 0 unspecified atom stereocenters. The van der Waals surface area contributed by atoms with Crippen molar-refractivity contribution in [1.29, 1.82) is 0 Å². The lowest BCUT2D eigenvalue weighted by Crippen LogP contribution is -2.24. The largest absolute Gasteiger partial charge is 0.490 e. The van der Waals surface area contributed by atoms with Gasteiger partial charge in [-0.2, -0.15) is 0 Å². The number of amides is 1. The molecule has 0 atom stereocenters. The molecule has 1 N–H and O–H groups in total. The molecule has 3 rings (SSSR count). The Kier molecular flexibility index (Phi) is 6.64. The molecule has 0 bridgehead atoms. The van der Waals surface area contributed by atoms with Crippen molar-refractivity contribution < 1.29 is 22.7 Å². The average molecular weight is 419 g/mol. The first-order chi connectivity index (χ1) is 13.8. The van der Waals surface area contributed by atoms with Gasteiger partial charge in [-0.15, -0.1) is 0 Å². The number of nitrogens with one attached hydrogen (secondary N) is 1. The van der Waals surface area contributed by atoms with Crippen LogP contribution in [0.25, 0.3) is 0 Å². The number of carbonyl (C=O) groups excluding carboxylic acids is 1. The predicted molar refractivity (Wildman–Crippen MR) is 113 cm³/mol. The molecule has 29 heavy (non-hydrogen) atoms. The SMILES string of the molecule is CN(c1ccc(OCC(=O)Nc2ccc(OC3CCCC3)cc2)cc1)S(C)(=O)=O. The first kappa shape index (κ1) is 21.0. The highest BCUT2D eigenvalue weighted by molar-refractivity contribution is 7.92. The third-order valence-corrected chi connectivity index (χ3v) is 6.02. The molecule has 1 saturated carbocycles. The zero-order chi connectivity index (χ0) is 20.9. The molecule has 0 aromatic heterocycles. The summed E-state index contributed by atoms with van der Waals surface area (Å²) >= 11 is 0. The number of rotatable bonds is 8. The minimum Gasteiger partial charge on any atom is -0.490 e. The molecule has 1 fully saturated rings. The fourth-order valence-corrected chi connectivity index (χ4v) is 3.61. The molecule has 0 spiro atoms. The molecule has 1 aliphatic carbocycles. The molecule has 0 aliphatic heterocycles. The molecule has 7 nitrogen and oxygen atoms in total. The van der Waals surface area contributed by atoms with Gasteiger partial charge in [0.2, 0.25) is 10.0 Å². The Hall–Kier alpha value is -2.74. The number of anilines is 2. The van der Waals surface area contributed by atoms with E-state index in [1.54, 1.807) is 36.4 Å². The summed E-state index contributed by atoms with van der Waals surface area (Å²) in [5.41, 5.74) is 1.19. The van der Waals surface area contributed by atoms with Crippen molar-refractivity contribution in [1.82, 2.24) is 0 Å². The van der Waals surface area contributed by atoms with Crippen LogP contribution in [0.15, 0.2) is 48.5 Å². The van der Waals surface area contributed by atoms with E-state index in [0.717, 1.165) is 24.8 Å². The number of sulfonamides is 1. The summed E-state index contributed by atoms with van der Waals surface area (Å²) in [5.74, 6) is 1.00. The van der Waals surface area contributed by atoms with Gasteiger partial charge in [0.1, 0.15) is 11.5 Å². The van der Waals surface area contributed by atoms with E-state index in [2.05, 4.69) is 5.32 Å². The molecular weight excluding hydrogens is 392 g/mol. The highest BCUT2D eigenvalue weighted by Crippen LogP contribution is 2.25. The third-order valence-electron chi connectivity index (χ3n) is 4.81. The van der Waals surface area contributed by atoms with Crippen LogP contribution in [0.2, 0.25) is 0 Å². The van der Waals surface area contributed by atoms with Crippen molar-refractivity contribution in [2.24, 2.45) is 0 Å². The number of hydrogen-bond donors (Lipinski definition) is 1. The van der Waals surface area contributed by atoms with Crippen LogP contribution in [0.5, 0.6) is 11.5 Å². The van der Waals surface area contributed by atoms with Gasteiger partial charge in [0.25, 0.3) is 5.91 Å². The standard InChI is InChI=1S/C21H26N2O5S/c1-23(29(2,25)26)17-9-13-18(14-10-17)27-15-21(24)22-16-7-11-20(12-8-16)28-19-5-3-4-6-19/h7-14,19H,3-6,15H2,1-2H3,(H,22,24). The third kappa shape index (κ3) is 6.12. The van der Waals surface area contributed by atoms with Crippen molar-refractivity contribution in [3.8, 4) is 11.5 Å². The lowest BCUT2D eigenvalue weighted by molar-refractivity contribution is -0.118. The Balaban J connectivity index is 1.47. The summed E-state index contributed by atoms with van der Waals surface area (Å²) in [6.07, 6.45) is 6.07. The summed E-state index contributed by atoms with van der Waals surface area (Å²) in [6, 6.07) is 13.8. The topological polar surface area (TPSA) is 84.9 Å². The fraction of sp³-hybridized carbons (Fsp3) is 0.381. The Bertz CT molecular complexity index is 921. The van der Waals surface area contributed by atoms with Gasteiger partial charge in [-0.25, -0.2) is 8.42 Å². The van der Waals surface area contributed by atoms with E-state index in [-0.39, 0.29) is 12.5 Å². The zero-order valence-electron chi connectivity index (χ0n) is 16.6. The fourth-order valence-electron chi connectivity index (χ4n) is 3.11. The van der Waals surface area contributed by atoms with Crippen molar-refractivity contribution in [3.05, 3.63) is 48.5 Å². The zero-order valence-corrected chi connectivity index (χ0v) is 17.4. The monoisotopic (exact) mass is 418 g/mol. The quantitative estimate of drug-likeness (QED) is 0.710. The smallest absolute Gasteiger partial charge is 0.262 e. The Morgan fingerprint density at radius 2 is 1.62 bits per heavy atom. The molecule has 156 valence electrons. The van der Waals surface area contributed by atoms with Crippen molar-refractivity contribution in [3.63, 3.8) is 0 Å². The van der Waals surface area contributed by atoms with Crippen LogP contribution in [-0.2, 0) is 14.8 Å². The van der Waals surface area contributed by atoms with E-state index in [0.29, 0.717) is 23.2 Å². The highest BCUT2D eigenvalue weighted by atomic mass is 32.2. The van der Waals surface area contributed by atoms with Gasteiger partial charge in [0.05, 0.1) is 18.0 Å². The molecule has 0 saturated heterocycles. The van der Waals surface area contributed by atoms with Crippen LogP contribution >= 0.6 is 0 Å². The highest BCUT2D eigenvalue weighted by Gasteiger charge is 2.16. The Morgan fingerprint density at radius 3 is 2.21 bits per heavy atom. The number of nitrogens with zero attached hydrogens (tertiary/aromatic N) is 1. The second-order valence-electron chi connectivity index (χ2n) is 7.11. The second-order valence-corrected chi connectivity index (χ2v) is 9.12. The van der Waals surface area contributed by atoms with Gasteiger partial charge < -0.3 is 14.8 Å². The summed E-state index contributed by atoms with van der Waals surface area (Å²) in [4.78, 5) is 12.1. The minimum atomic E-state index is -3.32. The predicted octanol–water partition coefficient (Wildman–Crippen LogP) is 3.42. The molecule has 8 heteroatoms. The van der Waals surface area contributed by atoms with Gasteiger partial charge in [-0.05, 0) is 74.2 Å². The average Bonchev–Trinajstić information content (AvgIpc) is 3.20. The maximum Gasteiger partial charge on any atom is 0.262 e. The molecule has 0 heterocycles. The van der Waals surface area contributed by atoms with Gasteiger partial charge in [0, 0.05) is 12.7 Å². The molecule has 1 amide bonds. The van der Waals surface area contributed by atoms with Gasteiger partial charge in [-0.3, -0.25) is 9.10 Å². The summed E-state index contributed by atoms with van der Waals surface area (Å²) in [5, 5.41) is 2.78. The van der Waals surface area contributed by atoms with Crippen LogP contribution in [0.3, 0.4) is 0 Å². The summed E-state index contributed by atoms with van der Waals surface area (Å²) in [7, 11) is -1.84. The van der Waals surface area contributed by atoms with Crippen molar-refractivity contribution in [2.45, 2.75) is 31.8 Å². The number of ether oxygens (including phenoxy) is 2. The maximum absolute atomic E-state index is 12.1. The van der Waals surface area contributed by atoms with Gasteiger partial charge in [-0.1, -0.05) is 0 Å².